The van der Waals surface area contributed by atoms with E-state index < -0.39 is 0 Å². The van der Waals surface area contributed by atoms with E-state index in [0.29, 0.717) is 17.5 Å². The third-order valence-electron chi connectivity index (χ3n) is 2.71. The minimum Gasteiger partial charge on any atom is -0.378 e. The van der Waals surface area contributed by atoms with Crippen LogP contribution < -0.4 is 5.32 Å². The summed E-state index contributed by atoms with van der Waals surface area (Å²) in [6.45, 7) is 3.24. The smallest absolute Gasteiger partial charge is 0.163 e. The summed E-state index contributed by atoms with van der Waals surface area (Å²) >= 11 is 12.0. The quantitative estimate of drug-likeness (QED) is 0.626. The third kappa shape index (κ3) is 4.06. The molecule has 0 radical (unpaired) electrons. The summed E-state index contributed by atoms with van der Waals surface area (Å²) in [5.41, 5.74) is 1.63. The van der Waals surface area contributed by atoms with Crippen LogP contribution in [0.15, 0.2) is 22.7 Å². The summed E-state index contributed by atoms with van der Waals surface area (Å²) in [6.07, 6.45) is 0. The Morgan fingerprint density at radius 2 is 2.14 bits per heavy atom. The molecule has 0 aliphatic carbocycles. The Hall–Kier alpha value is -0.440. The number of hydrogen-bond acceptors (Lipinski definition) is 4. The summed E-state index contributed by atoms with van der Waals surface area (Å²) in [7, 11) is 1.65. The number of nitrogens with one attached hydrogen (secondary N) is 1. The molecule has 0 amide bonds. The zero-order chi connectivity index (χ0) is 15.4. The largest absolute Gasteiger partial charge is 0.378 e. The lowest BCUT2D eigenvalue weighted by Crippen LogP contribution is -2.08. The lowest BCUT2D eigenvalue weighted by Gasteiger charge is -2.13. The van der Waals surface area contributed by atoms with Gasteiger partial charge < -0.3 is 10.1 Å². The highest BCUT2D eigenvalue weighted by Gasteiger charge is 2.15. The van der Waals surface area contributed by atoms with Crippen LogP contribution in [-0.4, -0.2) is 23.6 Å². The van der Waals surface area contributed by atoms with Crippen molar-refractivity contribution in [1.29, 1.82) is 0 Å². The first-order valence-corrected chi connectivity index (χ1v) is 8.56. The third-order valence-corrected chi connectivity index (χ3v) is 4.67. The number of hydrogen-bond donors (Lipinski definition) is 1. The van der Waals surface area contributed by atoms with Gasteiger partial charge in [-0.2, -0.15) is 0 Å². The topological polar surface area (TPSA) is 47.0 Å². The Morgan fingerprint density at radius 3 is 2.81 bits per heavy atom. The average Bonchev–Trinajstić information content (AvgIpc) is 2.46. The zero-order valence-electron chi connectivity index (χ0n) is 11.6. The van der Waals surface area contributed by atoms with Crippen LogP contribution in [-0.2, 0) is 11.3 Å². The van der Waals surface area contributed by atoms with Crippen molar-refractivity contribution in [2.24, 2.45) is 0 Å². The van der Waals surface area contributed by atoms with Crippen LogP contribution in [0.25, 0.3) is 11.4 Å². The van der Waals surface area contributed by atoms with Gasteiger partial charge in [0.15, 0.2) is 5.82 Å². The molecule has 2 aromatic rings. The number of benzene rings is 1. The molecule has 0 saturated heterocycles. The van der Waals surface area contributed by atoms with Gasteiger partial charge in [-0.15, -0.1) is 0 Å². The van der Waals surface area contributed by atoms with Crippen molar-refractivity contribution in [3.05, 3.63) is 37.0 Å². The number of aromatic nitrogens is 2. The molecule has 2 rings (SSSR count). The van der Waals surface area contributed by atoms with Gasteiger partial charge in [-0.05, 0) is 47.7 Å². The Bertz CT molecular complexity index is 627. The maximum absolute atomic E-state index is 6.27. The zero-order valence-corrected chi connectivity index (χ0v) is 16.1. The van der Waals surface area contributed by atoms with E-state index in [1.54, 1.807) is 7.11 Å². The first-order chi connectivity index (χ1) is 10.1. The Kier molecular flexibility index (Phi) is 6.21. The minimum atomic E-state index is 0.428. The first-order valence-electron chi connectivity index (χ1n) is 6.31. The Balaban J connectivity index is 2.59. The van der Waals surface area contributed by atoms with Gasteiger partial charge >= 0.3 is 0 Å². The Morgan fingerprint density at radius 1 is 1.38 bits per heavy atom. The van der Waals surface area contributed by atoms with Crippen molar-refractivity contribution in [2.45, 2.75) is 13.5 Å². The second-order valence-electron chi connectivity index (χ2n) is 4.24. The molecular weight excluding hydrogens is 468 g/mol. The molecule has 0 spiro atoms. The van der Waals surface area contributed by atoms with Gasteiger partial charge in [0.25, 0.3) is 0 Å². The fourth-order valence-electron chi connectivity index (χ4n) is 1.80. The minimum absolute atomic E-state index is 0.428. The average molecular weight is 483 g/mol. The summed E-state index contributed by atoms with van der Waals surface area (Å²) < 4.78 is 7.12. The monoisotopic (exact) mass is 481 g/mol. The molecule has 1 aromatic carbocycles. The van der Waals surface area contributed by atoms with E-state index in [1.165, 1.54) is 0 Å². The van der Waals surface area contributed by atoms with Crippen LogP contribution in [0.3, 0.4) is 0 Å². The summed E-state index contributed by atoms with van der Waals surface area (Å²) in [5.74, 6) is 1.39. The van der Waals surface area contributed by atoms with Crippen LogP contribution in [0.2, 0.25) is 5.02 Å². The molecule has 0 fully saturated rings. The van der Waals surface area contributed by atoms with Crippen molar-refractivity contribution in [2.75, 3.05) is 19.0 Å². The van der Waals surface area contributed by atoms with E-state index in [-0.39, 0.29) is 0 Å². The maximum atomic E-state index is 6.27. The lowest BCUT2D eigenvalue weighted by atomic mass is 10.2. The highest BCUT2D eigenvalue weighted by molar-refractivity contribution is 14.1. The van der Waals surface area contributed by atoms with Gasteiger partial charge in [-0.3, -0.25) is 0 Å². The molecule has 0 atom stereocenters. The van der Waals surface area contributed by atoms with E-state index in [9.17, 15) is 0 Å². The van der Waals surface area contributed by atoms with E-state index in [0.717, 1.165) is 31.7 Å². The highest BCUT2D eigenvalue weighted by atomic mass is 127. The molecule has 0 unspecified atom stereocenters. The normalized spacial score (nSPS) is 10.7. The molecule has 0 aliphatic rings. The fourth-order valence-corrected chi connectivity index (χ4v) is 2.95. The number of anilines is 1. The van der Waals surface area contributed by atoms with E-state index in [1.807, 2.05) is 25.1 Å². The van der Waals surface area contributed by atoms with Crippen LogP contribution >= 0.6 is 50.1 Å². The number of nitrogens with zero attached hydrogens (tertiary/aromatic N) is 2. The standard InChI is InChI=1S/C14H14BrClIN3O/c1-3-18-14-12(17)11(7-21-2)19-13(20-14)9-6-8(15)4-5-10(9)16/h4-6H,3,7H2,1-2H3,(H,18,19,20). The van der Waals surface area contributed by atoms with Gasteiger partial charge in [0.2, 0.25) is 0 Å². The summed E-state index contributed by atoms with van der Waals surface area (Å²) in [6, 6.07) is 5.63. The molecule has 1 N–H and O–H groups in total. The van der Waals surface area contributed by atoms with Gasteiger partial charge in [-0.25, -0.2) is 9.97 Å². The van der Waals surface area contributed by atoms with E-state index >= 15 is 0 Å². The molecular formula is C14H14BrClIN3O. The number of rotatable bonds is 5. The highest BCUT2D eigenvalue weighted by Crippen LogP contribution is 2.31. The molecule has 21 heavy (non-hydrogen) atoms. The van der Waals surface area contributed by atoms with Gasteiger partial charge in [0.1, 0.15) is 5.82 Å². The molecule has 1 aromatic heterocycles. The van der Waals surface area contributed by atoms with Crippen LogP contribution in [0.4, 0.5) is 5.82 Å². The van der Waals surface area contributed by atoms with Crippen LogP contribution in [0, 0.1) is 3.57 Å². The SMILES string of the molecule is CCNc1nc(-c2cc(Br)ccc2Cl)nc(COC)c1I. The van der Waals surface area contributed by atoms with Crippen LogP contribution in [0.1, 0.15) is 12.6 Å². The van der Waals surface area contributed by atoms with E-state index in [2.05, 4.69) is 53.8 Å². The summed E-state index contributed by atoms with van der Waals surface area (Å²) in [5, 5.41) is 3.87. The number of methoxy groups -OCH3 is 1. The molecule has 112 valence electrons. The molecule has 4 nitrogen and oxygen atoms in total. The number of ether oxygens (including phenoxy) is 1. The molecule has 0 saturated carbocycles. The van der Waals surface area contributed by atoms with Gasteiger partial charge in [0.05, 0.1) is 20.9 Å². The van der Waals surface area contributed by atoms with Crippen molar-refractivity contribution in [3.8, 4) is 11.4 Å². The first kappa shape index (κ1) is 16.9. The second-order valence-corrected chi connectivity index (χ2v) is 6.65. The maximum Gasteiger partial charge on any atom is 0.163 e. The fraction of sp³-hybridized carbons (Fsp3) is 0.286. The van der Waals surface area contributed by atoms with Crippen molar-refractivity contribution in [3.63, 3.8) is 0 Å². The van der Waals surface area contributed by atoms with Crippen molar-refractivity contribution < 1.29 is 4.74 Å². The predicted octanol–water partition coefficient (Wildman–Crippen LogP) is 4.74. The van der Waals surface area contributed by atoms with Gasteiger partial charge in [-0.1, -0.05) is 27.5 Å². The molecule has 7 heteroatoms. The molecule has 0 aliphatic heterocycles. The second kappa shape index (κ2) is 7.71. The van der Waals surface area contributed by atoms with Crippen molar-refractivity contribution >= 4 is 55.9 Å². The molecule has 0 bridgehead atoms. The van der Waals surface area contributed by atoms with Gasteiger partial charge in [0, 0.05) is 23.7 Å². The lowest BCUT2D eigenvalue weighted by molar-refractivity contribution is 0.181. The van der Waals surface area contributed by atoms with Crippen LogP contribution in [0.5, 0.6) is 0 Å². The number of halogens is 3. The van der Waals surface area contributed by atoms with E-state index in [4.69, 9.17) is 16.3 Å². The molecule has 1 heterocycles. The predicted molar refractivity (Wildman–Crippen MR) is 97.8 cm³/mol. The van der Waals surface area contributed by atoms with Crippen molar-refractivity contribution in [1.82, 2.24) is 9.97 Å². The Labute approximate surface area is 150 Å². The summed E-state index contributed by atoms with van der Waals surface area (Å²) in [4.78, 5) is 9.17.